The summed E-state index contributed by atoms with van der Waals surface area (Å²) >= 11 is 0. The summed E-state index contributed by atoms with van der Waals surface area (Å²) in [5.74, 6) is 0.159. The molecule has 0 atom stereocenters. The fourth-order valence-corrected chi connectivity index (χ4v) is 0.539. The smallest absolute Gasteiger partial charge is 0.259 e. The summed E-state index contributed by atoms with van der Waals surface area (Å²) in [5.41, 5.74) is 0.817. The topological polar surface area (TPSA) is 43.1 Å². The molecule has 1 heterocycles. The first-order chi connectivity index (χ1) is 4.36. The van der Waals surface area contributed by atoms with E-state index in [1.807, 2.05) is 6.92 Å². The summed E-state index contributed by atoms with van der Waals surface area (Å²) in [6.45, 7) is 1.95. The molecule has 0 N–H and O–H groups in total. The number of aromatic nitrogens is 1. The zero-order chi connectivity index (χ0) is 6.69. The number of hydrogen-bond acceptors (Lipinski definition) is 3. The van der Waals surface area contributed by atoms with Gasteiger partial charge in [-0.2, -0.15) is 0 Å². The molecule has 0 aliphatic heterocycles. The van der Waals surface area contributed by atoms with E-state index in [0.29, 0.717) is 6.29 Å². The molecule has 0 bridgehead atoms. The molecule has 0 unspecified atom stereocenters. The van der Waals surface area contributed by atoms with Crippen molar-refractivity contribution in [2.45, 2.75) is 13.3 Å². The summed E-state index contributed by atoms with van der Waals surface area (Å²) in [6.07, 6.45) is 2.89. The molecule has 3 nitrogen and oxygen atoms in total. The van der Waals surface area contributed by atoms with Gasteiger partial charge in [0.15, 0.2) is 0 Å². The Bertz CT molecular complexity index is 205. The van der Waals surface area contributed by atoms with Gasteiger partial charge in [-0.15, -0.1) is 0 Å². The molecule has 0 amide bonds. The first-order valence-electron chi connectivity index (χ1n) is 2.76. The largest absolute Gasteiger partial charge is 0.442 e. The number of oxazole rings is 1. The minimum Gasteiger partial charge on any atom is -0.442 e. The lowest BCUT2D eigenvalue weighted by molar-refractivity contribution is 0.109. The first kappa shape index (κ1) is 6.01. The maximum atomic E-state index is 9.98. The minimum absolute atomic E-state index is 0.159. The number of nitrogens with zero attached hydrogens (tertiary/aromatic N) is 1. The first-order valence-corrected chi connectivity index (χ1v) is 2.76. The van der Waals surface area contributed by atoms with Gasteiger partial charge in [0.2, 0.25) is 6.29 Å². The minimum atomic E-state index is 0.159. The van der Waals surface area contributed by atoms with Crippen LogP contribution in [-0.2, 0) is 6.42 Å². The predicted octanol–water partition coefficient (Wildman–Crippen LogP) is 1.05. The molecule has 0 aromatic carbocycles. The Kier molecular flexibility index (Phi) is 1.63. The molecule has 48 valence electrons. The molecule has 0 fully saturated rings. The van der Waals surface area contributed by atoms with Crippen molar-refractivity contribution in [3.63, 3.8) is 0 Å². The van der Waals surface area contributed by atoms with E-state index >= 15 is 0 Å². The van der Waals surface area contributed by atoms with Crippen LogP contribution >= 0.6 is 0 Å². The molecule has 0 saturated heterocycles. The lowest BCUT2D eigenvalue weighted by atomic mass is 10.4. The van der Waals surface area contributed by atoms with Gasteiger partial charge >= 0.3 is 0 Å². The van der Waals surface area contributed by atoms with Crippen molar-refractivity contribution in [2.75, 3.05) is 0 Å². The van der Waals surface area contributed by atoms with Gasteiger partial charge in [-0.25, -0.2) is 4.98 Å². The fraction of sp³-hybridized carbons (Fsp3) is 0.333. The molecule has 9 heavy (non-hydrogen) atoms. The highest BCUT2D eigenvalue weighted by Crippen LogP contribution is 1.98. The average Bonchev–Trinajstić information content (AvgIpc) is 2.34. The third-order valence-corrected chi connectivity index (χ3v) is 1.03. The van der Waals surface area contributed by atoms with E-state index in [1.54, 1.807) is 0 Å². The van der Waals surface area contributed by atoms with Crippen LogP contribution in [0.1, 0.15) is 23.3 Å². The molecular formula is C6H7NO2. The Morgan fingerprint density at radius 3 is 3.00 bits per heavy atom. The Hall–Kier alpha value is -1.12. The van der Waals surface area contributed by atoms with E-state index in [0.717, 1.165) is 12.1 Å². The van der Waals surface area contributed by atoms with Crippen LogP contribution in [0.4, 0.5) is 0 Å². The molecule has 0 aliphatic carbocycles. The zero-order valence-electron chi connectivity index (χ0n) is 5.13. The Labute approximate surface area is 52.7 Å². The van der Waals surface area contributed by atoms with Gasteiger partial charge in [-0.05, 0) is 6.42 Å². The Morgan fingerprint density at radius 2 is 2.67 bits per heavy atom. The highest BCUT2D eigenvalue weighted by Gasteiger charge is 1.97. The summed E-state index contributed by atoms with van der Waals surface area (Å²) in [5, 5.41) is 0. The average molecular weight is 125 g/mol. The van der Waals surface area contributed by atoms with E-state index in [9.17, 15) is 4.79 Å². The molecule has 0 aliphatic rings. The number of carbonyl (C=O) groups is 1. The number of rotatable bonds is 2. The predicted molar refractivity (Wildman–Crippen MR) is 31.3 cm³/mol. The maximum Gasteiger partial charge on any atom is 0.259 e. The summed E-state index contributed by atoms with van der Waals surface area (Å²) in [4.78, 5) is 13.8. The van der Waals surface area contributed by atoms with Crippen molar-refractivity contribution in [1.29, 1.82) is 0 Å². The standard InChI is InChI=1S/C6H7NO2/c1-2-5-4-9-6(3-8)7-5/h3-4H,2H2,1H3. The van der Waals surface area contributed by atoms with Crippen LogP contribution in [0.15, 0.2) is 10.7 Å². The molecule has 0 spiro atoms. The summed E-state index contributed by atoms with van der Waals surface area (Å²) in [7, 11) is 0. The second-order valence-electron chi connectivity index (χ2n) is 1.65. The van der Waals surface area contributed by atoms with Crippen molar-refractivity contribution in [3.05, 3.63) is 17.8 Å². The van der Waals surface area contributed by atoms with Crippen LogP contribution in [0.2, 0.25) is 0 Å². The van der Waals surface area contributed by atoms with Gasteiger partial charge in [-0.1, -0.05) is 6.92 Å². The van der Waals surface area contributed by atoms with Crippen molar-refractivity contribution < 1.29 is 9.21 Å². The van der Waals surface area contributed by atoms with Crippen molar-refractivity contribution in [3.8, 4) is 0 Å². The van der Waals surface area contributed by atoms with Gasteiger partial charge in [0.05, 0.1) is 5.69 Å². The molecule has 1 rings (SSSR count). The van der Waals surface area contributed by atoms with Crippen LogP contribution < -0.4 is 0 Å². The monoisotopic (exact) mass is 125 g/mol. The Balaban J connectivity index is 2.86. The van der Waals surface area contributed by atoms with Crippen LogP contribution in [-0.4, -0.2) is 11.3 Å². The third-order valence-electron chi connectivity index (χ3n) is 1.03. The normalized spacial score (nSPS) is 9.44. The summed E-state index contributed by atoms with van der Waals surface area (Å²) < 4.78 is 4.73. The van der Waals surface area contributed by atoms with E-state index in [4.69, 9.17) is 4.42 Å². The number of aryl methyl sites for hydroxylation is 1. The second-order valence-corrected chi connectivity index (χ2v) is 1.65. The SMILES string of the molecule is CCc1coc(C=O)n1. The van der Waals surface area contributed by atoms with Crippen LogP contribution in [0, 0.1) is 0 Å². The molecule has 0 saturated carbocycles. The lowest BCUT2D eigenvalue weighted by Gasteiger charge is -1.76. The van der Waals surface area contributed by atoms with E-state index in [2.05, 4.69) is 4.98 Å². The van der Waals surface area contributed by atoms with Crippen LogP contribution in [0.25, 0.3) is 0 Å². The molecule has 0 radical (unpaired) electrons. The molecule has 1 aromatic heterocycles. The van der Waals surface area contributed by atoms with Crippen molar-refractivity contribution in [1.82, 2.24) is 4.98 Å². The highest BCUT2D eigenvalue weighted by atomic mass is 16.3. The second kappa shape index (κ2) is 2.44. The number of carbonyl (C=O) groups excluding carboxylic acids is 1. The molecular weight excluding hydrogens is 118 g/mol. The van der Waals surface area contributed by atoms with Crippen LogP contribution in [0.3, 0.4) is 0 Å². The molecule has 3 heteroatoms. The van der Waals surface area contributed by atoms with Gasteiger partial charge in [0.1, 0.15) is 6.26 Å². The fourth-order valence-electron chi connectivity index (χ4n) is 0.539. The highest BCUT2D eigenvalue weighted by molar-refractivity contribution is 5.67. The van der Waals surface area contributed by atoms with E-state index in [-0.39, 0.29) is 5.89 Å². The van der Waals surface area contributed by atoms with Gasteiger partial charge in [0, 0.05) is 0 Å². The van der Waals surface area contributed by atoms with Crippen molar-refractivity contribution >= 4 is 6.29 Å². The quantitative estimate of drug-likeness (QED) is 0.555. The maximum absolute atomic E-state index is 9.98. The number of aldehydes is 1. The lowest BCUT2D eigenvalue weighted by Crippen LogP contribution is -1.80. The molecule has 1 aromatic rings. The summed E-state index contributed by atoms with van der Waals surface area (Å²) in [6, 6.07) is 0. The van der Waals surface area contributed by atoms with E-state index < -0.39 is 0 Å². The van der Waals surface area contributed by atoms with Crippen LogP contribution in [0.5, 0.6) is 0 Å². The van der Waals surface area contributed by atoms with Gasteiger partial charge in [0.25, 0.3) is 5.89 Å². The van der Waals surface area contributed by atoms with Gasteiger partial charge in [-0.3, -0.25) is 4.79 Å². The third kappa shape index (κ3) is 1.16. The van der Waals surface area contributed by atoms with Crippen molar-refractivity contribution in [2.24, 2.45) is 0 Å². The zero-order valence-corrected chi connectivity index (χ0v) is 5.13. The van der Waals surface area contributed by atoms with Gasteiger partial charge < -0.3 is 4.42 Å². The Morgan fingerprint density at radius 1 is 1.89 bits per heavy atom. The number of hydrogen-bond donors (Lipinski definition) is 0. The van der Waals surface area contributed by atoms with E-state index in [1.165, 1.54) is 6.26 Å².